The normalized spacial score (nSPS) is 12.4. The SMILES string of the molecule is CCNC(=O)NC(=O)C(C)Oc1ccc(C(C)(C)C)cc1. The van der Waals surface area contributed by atoms with Crippen molar-refractivity contribution in [1.82, 2.24) is 10.6 Å². The topological polar surface area (TPSA) is 67.4 Å². The maximum Gasteiger partial charge on any atom is 0.321 e. The summed E-state index contributed by atoms with van der Waals surface area (Å²) >= 11 is 0. The smallest absolute Gasteiger partial charge is 0.321 e. The minimum absolute atomic E-state index is 0.0692. The zero-order valence-corrected chi connectivity index (χ0v) is 13.3. The number of carbonyl (C=O) groups excluding carboxylic acids is 2. The third-order valence-electron chi connectivity index (χ3n) is 2.98. The van der Waals surface area contributed by atoms with E-state index in [1.54, 1.807) is 13.8 Å². The van der Waals surface area contributed by atoms with Gasteiger partial charge in [-0.05, 0) is 37.0 Å². The van der Waals surface area contributed by atoms with Crippen molar-refractivity contribution >= 4 is 11.9 Å². The Balaban J connectivity index is 2.60. The number of hydrogen-bond acceptors (Lipinski definition) is 3. The molecule has 0 radical (unpaired) electrons. The Morgan fingerprint density at radius 1 is 1.19 bits per heavy atom. The number of nitrogens with one attached hydrogen (secondary N) is 2. The summed E-state index contributed by atoms with van der Waals surface area (Å²) in [5.41, 5.74) is 1.26. The lowest BCUT2D eigenvalue weighted by atomic mass is 9.87. The van der Waals surface area contributed by atoms with E-state index >= 15 is 0 Å². The van der Waals surface area contributed by atoms with Crippen LogP contribution in [-0.2, 0) is 10.2 Å². The van der Waals surface area contributed by atoms with E-state index in [2.05, 4.69) is 31.4 Å². The van der Waals surface area contributed by atoms with E-state index in [1.807, 2.05) is 24.3 Å². The number of imide groups is 1. The Bertz CT molecular complexity index is 489. The van der Waals surface area contributed by atoms with Crippen LogP contribution in [0.5, 0.6) is 5.75 Å². The first-order chi connectivity index (χ1) is 9.74. The van der Waals surface area contributed by atoms with Gasteiger partial charge in [0.05, 0.1) is 0 Å². The van der Waals surface area contributed by atoms with Gasteiger partial charge in [0.2, 0.25) is 0 Å². The van der Waals surface area contributed by atoms with Crippen LogP contribution in [0, 0.1) is 0 Å². The molecule has 0 saturated heterocycles. The molecular formula is C16H24N2O3. The van der Waals surface area contributed by atoms with E-state index in [-0.39, 0.29) is 5.41 Å². The Morgan fingerprint density at radius 2 is 1.76 bits per heavy atom. The van der Waals surface area contributed by atoms with E-state index in [0.717, 1.165) is 0 Å². The molecule has 0 bridgehead atoms. The summed E-state index contributed by atoms with van der Waals surface area (Å²) in [7, 11) is 0. The predicted octanol–water partition coefficient (Wildman–Crippen LogP) is 2.60. The molecule has 0 aliphatic heterocycles. The van der Waals surface area contributed by atoms with Gasteiger partial charge in [0.25, 0.3) is 5.91 Å². The number of hydrogen-bond donors (Lipinski definition) is 2. The third-order valence-corrected chi connectivity index (χ3v) is 2.98. The first-order valence-electron chi connectivity index (χ1n) is 7.10. The largest absolute Gasteiger partial charge is 0.481 e. The molecule has 1 unspecified atom stereocenters. The van der Waals surface area contributed by atoms with Crippen LogP contribution in [-0.4, -0.2) is 24.6 Å². The molecule has 5 nitrogen and oxygen atoms in total. The summed E-state index contributed by atoms with van der Waals surface area (Å²) < 4.78 is 5.53. The standard InChI is InChI=1S/C16H24N2O3/c1-6-17-15(20)18-14(19)11(2)21-13-9-7-12(8-10-13)16(3,4)5/h7-11H,6H2,1-5H3,(H2,17,18,19,20). The summed E-state index contributed by atoms with van der Waals surface area (Å²) in [6.07, 6.45) is -0.743. The van der Waals surface area contributed by atoms with Gasteiger partial charge in [-0.25, -0.2) is 4.79 Å². The predicted molar refractivity (Wildman–Crippen MR) is 82.4 cm³/mol. The molecule has 5 heteroatoms. The van der Waals surface area contributed by atoms with Crippen LogP contribution in [0.4, 0.5) is 4.79 Å². The number of amides is 3. The monoisotopic (exact) mass is 292 g/mol. The third kappa shape index (κ3) is 5.45. The molecule has 0 saturated carbocycles. The van der Waals surface area contributed by atoms with Gasteiger partial charge in [0.1, 0.15) is 5.75 Å². The highest BCUT2D eigenvalue weighted by atomic mass is 16.5. The summed E-state index contributed by atoms with van der Waals surface area (Å²) in [5, 5.41) is 4.72. The summed E-state index contributed by atoms with van der Waals surface area (Å²) in [5.74, 6) is 0.127. The van der Waals surface area contributed by atoms with Crippen LogP contribution in [0.1, 0.15) is 40.2 Å². The second-order valence-electron chi connectivity index (χ2n) is 5.88. The van der Waals surface area contributed by atoms with Crippen molar-refractivity contribution < 1.29 is 14.3 Å². The molecule has 21 heavy (non-hydrogen) atoms. The number of rotatable bonds is 4. The molecule has 0 spiro atoms. The zero-order valence-electron chi connectivity index (χ0n) is 13.3. The van der Waals surface area contributed by atoms with Gasteiger partial charge in [0.15, 0.2) is 6.10 Å². The number of urea groups is 1. The van der Waals surface area contributed by atoms with Crippen LogP contribution in [0.2, 0.25) is 0 Å². The van der Waals surface area contributed by atoms with Crippen LogP contribution >= 0.6 is 0 Å². The lowest BCUT2D eigenvalue weighted by Crippen LogP contribution is -2.45. The second-order valence-corrected chi connectivity index (χ2v) is 5.88. The Morgan fingerprint density at radius 3 is 2.24 bits per heavy atom. The molecule has 0 aliphatic carbocycles. The van der Waals surface area contributed by atoms with Crippen molar-refractivity contribution in [2.45, 2.75) is 46.1 Å². The second kappa shape index (κ2) is 7.11. The molecule has 2 N–H and O–H groups in total. The van der Waals surface area contributed by atoms with Gasteiger partial charge in [-0.3, -0.25) is 10.1 Å². The van der Waals surface area contributed by atoms with Gasteiger partial charge >= 0.3 is 6.03 Å². The first-order valence-corrected chi connectivity index (χ1v) is 7.10. The maximum atomic E-state index is 11.8. The van der Waals surface area contributed by atoms with Crippen molar-refractivity contribution in [1.29, 1.82) is 0 Å². The van der Waals surface area contributed by atoms with Crippen molar-refractivity contribution in [3.8, 4) is 5.75 Å². The number of benzene rings is 1. The highest BCUT2D eigenvalue weighted by Gasteiger charge is 2.18. The van der Waals surface area contributed by atoms with Gasteiger partial charge < -0.3 is 10.1 Å². The highest BCUT2D eigenvalue weighted by Crippen LogP contribution is 2.24. The van der Waals surface area contributed by atoms with E-state index in [1.165, 1.54) is 5.56 Å². The molecule has 1 aromatic carbocycles. The van der Waals surface area contributed by atoms with Crippen molar-refractivity contribution in [3.63, 3.8) is 0 Å². The van der Waals surface area contributed by atoms with E-state index in [4.69, 9.17) is 4.74 Å². The molecule has 3 amide bonds. The van der Waals surface area contributed by atoms with Gasteiger partial charge in [-0.2, -0.15) is 0 Å². The number of ether oxygens (including phenoxy) is 1. The fraction of sp³-hybridized carbons (Fsp3) is 0.500. The average molecular weight is 292 g/mol. The molecule has 0 fully saturated rings. The van der Waals surface area contributed by atoms with Gasteiger partial charge in [-0.15, -0.1) is 0 Å². The van der Waals surface area contributed by atoms with Crippen LogP contribution in [0.15, 0.2) is 24.3 Å². The molecule has 1 aromatic rings. The maximum absolute atomic E-state index is 11.8. The molecule has 116 valence electrons. The molecular weight excluding hydrogens is 268 g/mol. The van der Waals surface area contributed by atoms with Crippen LogP contribution < -0.4 is 15.4 Å². The fourth-order valence-corrected chi connectivity index (χ4v) is 1.71. The molecule has 1 atom stereocenters. The molecule has 0 aliphatic rings. The summed E-state index contributed by atoms with van der Waals surface area (Å²) in [4.78, 5) is 23.0. The van der Waals surface area contributed by atoms with Crippen LogP contribution in [0.25, 0.3) is 0 Å². The van der Waals surface area contributed by atoms with Crippen molar-refractivity contribution in [2.24, 2.45) is 0 Å². The minimum atomic E-state index is -0.743. The minimum Gasteiger partial charge on any atom is -0.481 e. The lowest BCUT2D eigenvalue weighted by molar-refractivity contribution is -0.126. The van der Waals surface area contributed by atoms with E-state index < -0.39 is 18.0 Å². The summed E-state index contributed by atoms with van der Waals surface area (Å²) in [6.45, 7) is 10.2. The summed E-state index contributed by atoms with van der Waals surface area (Å²) in [6, 6.07) is 7.10. The Kier molecular flexibility index (Phi) is 5.76. The highest BCUT2D eigenvalue weighted by molar-refractivity contribution is 5.96. The number of carbonyl (C=O) groups is 2. The van der Waals surface area contributed by atoms with Crippen LogP contribution in [0.3, 0.4) is 0 Å². The molecule has 0 aromatic heterocycles. The Hall–Kier alpha value is -2.04. The van der Waals surface area contributed by atoms with Crippen molar-refractivity contribution in [2.75, 3.05) is 6.54 Å². The molecule has 1 rings (SSSR count). The van der Waals surface area contributed by atoms with E-state index in [9.17, 15) is 9.59 Å². The van der Waals surface area contributed by atoms with Gasteiger partial charge in [-0.1, -0.05) is 32.9 Å². The Labute approximate surface area is 126 Å². The first kappa shape index (κ1) is 17.0. The fourth-order valence-electron chi connectivity index (χ4n) is 1.71. The molecule has 0 heterocycles. The zero-order chi connectivity index (χ0) is 16.0. The average Bonchev–Trinajstić information content (AvgIpc) is 2.38. The quantitative estimate of drug-likeness (QED) is 0.896. The van der Waals surface area contributed by atoms with Gasteiger partial charge in [0, 0.05) is 6.54 Å². The van der Waals surface area contributed by atoms with Crippen molar-refractivity contribution in [3.05, 3.63) is 29.8 Å². The van der Waals surface area contributed by atoms with E-state index in [0.29, 0.717) is 12.3 Å². The lowest BCUT2D eigenvalue weighted by Gasteiger charge is -2.20.